The van der Waals surface area contributed by atoms with Crippen LogP contribution >= 0.6 is 0 Å². The van der Waals surface area contributed by atoms with Crippen molar-refractivity contribution in [2.75, 3.05) is 39.5 Å². The summed E-state index contributed by atoms with van der Waals surface area (Å²) in [6.45, 7) is 6.04. The Kier molecular flexibility index (Phi) is 14.1. The molecule has 4 heteroatoms. The Morgan fingerprint density at radius 3 is 1.83 bits per heavy atom. The second kappa shape index (κ2) is 13.8. The summed E-state index contributed by atoms with van der Waals surface area (Å²) >= 11 is 0. The molecule has 1 saturated heterocycles. The summed E-state index contributed by atoms with van der Waals surface area (Å²) in [5.74, 6) is 0. The summed E-state index contributed by atoms with van der Waals surface area (Å²) in [7, 11) is 0. The molecule has 1 aliphatic rings. The molecule has 2 N–H and O–H groups in total. The minimum atomic E-state index is 0. The molecule has 0 spiro atoms. The van der Waals surface area contributed by atoms with Gasteiger partial charge in [0.05, 0.1) is 19.8 Å². The Labute approximate surface area is 123 Å². The lowest BCUT2D eigenvalue weighted by Gasteiger charge is -2.23. The summed E-state index contributed by atoms with van der Waals surface area (Å²) in [6.07, 6.45) is 10.4. The highest BCUT2D eigenvalue weighted by atomic mass is 79.9. The molecule has 0 radical (unpaired) electrons. The van der Waals surface area contributed by atoms with Crippen LogP contribution in [-0.4, -0.2) is 44.6 Å². The first kappa shape index (κ1) is 18.4. The maximum Gasteiger partial charge on any atom is 0.101 e. The predicted molar refractivity (Wildman–Crippen MR) is 70.4 cm³/mol. The van der Waals surface area contributed by atoms with E-state index in [2.05, 4.69) is 0 Å². The van der Waals surface area contributed by atoms with E-state index in [9.17, 15) is 0 Å². The van der Waals surface area contributed by atoms with Crippen molar-refractivity contribution < 1.29 is 31.7 Å². The van der Waals surface area contributed by atoms with Crippen LogP contribution in [0.4, 0.5) is 0 Å². The van der Waals surface area contributed by atoms with Crippen molar-refractivity contribution in [3.63, 3.8) is 0 Å². The number of hydrogen-bond acceptors (Lipinski definition) is 2. The van der Waals surface area contributed by atoms with E-state index in [0.717, 1.165) is 19.6 Å². The molecule has 110 valence electrons. The number of morpholine rings is 1. The monoisotopic (exact) mass is 323 g/mol. The first-order valence-corrected chi connectivity index (χ1v) is 7.45. The van der Waals surface area contributed by atoms with Crippen LogP contribution < -0.4 is 21.9 Å². The van der Waals surface area contributed by atoms with Crippen molar-refractivity contribution in [1.82, 2.24) is 0 Å². The van der Waals surface area contributed by atoms with Crippen molar-refractivity contribution in [2.45, 2.75) is 51.4 Å². The van der Waals surface area contributed by atoms with Gasteiger partial charge in [-0.2, -0.15) is 0 Å². The van der Waals surface area contributed by atoms with E-state index in [4.69, 9.17) is 9.84 Å². The molecule has 0 atom stereocenters. The van der Waals surface area contributed by atoms with Gasteiger partial charge in [0.1, 0.15) is 13.1 Å². The lowest BCUT2D eigenvalue weighted by atomic mass is 10.1. The van der Waals surface area contributed by atoms with E-state index < -0.39 is 0 Å². The maximum absolute atomic E-state index is 8.65. The predicted octanol–water partition coefficient (Wildman–Crippen LogP) is -1.98. The summed E-state index contributed by atoms with van der Waals surface area (Å²) in [4.78, 5) is 1.74. The minimum absolute atomic E-state index is 0. The van der Waals surface area contributed by atoms with E-state index in [-0.39, 0.29) is 17.0 Å². The molecule has 0 aliphatic carbocycles. The normalized spacial score (nSPS) is 16.5. The summed E-state index contributed by atoms with van der Waals surface area (Å²) in [5.41, 5.74) is 0. The van der Waals surface area contributed by atoms with Gasteiger partial charge in [0.2, 0.25) is 0 Å². The highest BCUT2D eigenvalue weighted by molar-refractivity contribution is 4.47. The number of unbranched alkanes of at least 4 members (excludes halogenated alkanes) is 7. The van der Waals surface area contributed by atoms with Crippen molar-refractivity contribution in [1.29, 1.82) is 0 Å². The molecule has 3 nitrogen and oxygen atoms in total. The first-order valence-electron chi connectivity index (χ1n) is 7.45. The number of aliphatic hydroxyl groups is 1. The number of ether oxygens (including phenoxy) is 1. The maximum atomic E-state index is 8.65. The number of hydrogen-bond donors (Lipinski definition) is 2. The molecule has 1 fully saturated rings. The van der Waals surface area contributed by atoms with Gasteiger partial charge in [-0.05, 0) is 19.3 Å². The fraction of sp³-hybridized carbons (Fsp3) is 1.00. The number of nitrogens with one attached hydrogen (secondary N) is 1. The lowest BCUT2D eigenvalue weighted by molar-refractivity contribution is -0.908. The highest BCUT2D eigenvalue weighted by Gasteiger charge is 2.12. The molecular weight excluding hydrogens is 294 g/mol. The Hall–Kier alpha value is 0.360. The molecular formula is C14H30BrNO2. The smallest absolute Gasteiger partial charge is 0.101 e. The largest absolute Gasteiger partial charge is 1.00 e. The summed E-state index contributed by atoms with van der Waals surface area (Å²) in [6, 6.07) is 0. The fourth-order valence-electron chi connectivity index (χ4n) is 2.46. The number of aliphatic hydroxyl groups excluding tert-OH is 1. The topological polar surface area (TPSA) is 33.9 Å². The average molecular weight is 324 g/mol. The van der Waals surface area contributed by atoms with Crippen LogP contribution in [0.25, 0.3) is 0 Å². The summed E-state index contributed by atoms with van der Waals surface area (Å²) in [5, 5.41) is 8.65. The van der Waals surface area contributed by atoms with E-state index in [1.54, 1.807) is 4.90 Å². The van der Waals surface area contributed by atoms with Gasteiger partial charge in [0.25, 0.3) is 0 Å². The van der Waals surface area contributed by atoms with E-state index in [0.29, 0.717) is 6.61 Å². The third-order valence-electron chi connectivity index (χ3n) is 3.64. The third kappa shape index (κ3) is 10.3. The Morgan fingerprint density at radius 2 is 1.28 bits per heavy atom. The molecule has 0 aromatic carbocycles. The fourth-order valence-corrected chi connectivity index (χ4v) is 2.46. The van der Waals surface area contributed by atoms with Crippen molar-refractivity contribution >= 4 is 0 Å². The van der Waals surface area contributed by atoms with Gasteiger partial charge in [-0.3, -0.25) is 0 Å². The van der Waals surface area contributed by atoms with Gasteiger partial charge in [-0.25, -0.2) is 0 Å². The van der Waals surface area contributed by atoms with Gasteiger partial charge in [0.15, 0.2) is 0 Å². The number of halogens is 1. The second-order valence-corrected chi connectivity index (χ2v) is 5.16. The van der Waals surface area contributed by atoms with Crippen molar-refractivity contribution in [3.05, 3.63) is 0 Å². The molecule has 1 aliphatic heterocycles. The quantitative estimate of drug-likeness (QED) is 0.457. The van der Waals surface area contributed by atoms with Crippen LogP contribution in [0.5, 0.6) is 0 Å². The van der Waals surface area contributed by atoms with Crippen LogP contribution in [0.2, 0.25) is 0 Å². The van der Waals surface area contributed by atoms with E-state index in [1.807, 2.05) is 0 Å². The highest BCUT2D eigenvalue weighted by Crippen LogP contribution is 2.07. The molecule has 0 saturated carbocycles. The Balaban J connectivity index is 0.00000289. The van der Waals surface area contributed by atoms with Crippen molar-refractivity contribution in [2.24, 2.45) is 0 Å². The minimum Gasteiger partial charge on any atom is -1.00 e. The van der Waals surface area contributed by atoms with E-state index >= 15 is 0 Å². The first-order chi connectivity index (χ1) is 8.43. The molecule has 0 amide bonds. The zero-order valence-corrected chi connectivity index (χ0v) is 13.2. The molecule has 18 heavy (non-hydrogen) atoms. The van der Waals surface area contributed by atoms with Crippen LogP contribution in [0.15, 0.2) is 0 Å². The average Bonchev–Trinajstić information content (AvgIpc) is 2.38. The van der Waals surface area contributed by atoms with Crippen LogP contribution in [0, 0.1) is 0 Å². The van der Waals surface area contributed by atoms with Gasteiger partial charge in [-0.1, -0.05) is 32.1 Å². The Morgan fingerprint density at radius 1 is 0.778 bits per heavy atom. The zero-order valence-electron chi connectivity index (χ0n) is 11.6. The van der Waals surface area contributed by atoms with Crippen LogP contribution in [0.3, 0.4) is 0 Å². The third-order valence-corrected chi connectivity index (χ3v) is 3.64. The molecule has 0 aromatic rings. The molecule has 0 unspecified atom stereocenters. The van der Waals surface area contributed by atoms with Gasteiger partial charge >= 0.3 is 0 Å². The van der Waals surface area contributed by atoms with Crippen LogP contribution in [0.1, 0.15) is 51.4 Å². The zero-order chi connectivity index (χ0) is 12.2. The SMILES string of the molecule is OCCCCCCCCCC[NH+]1CCOCC1.[Br-]. The van der Waals surface area contributed by atoms with Gasteiger partial charge < -0.3 is 31.7 Å². The molecule has 0 bridgehead atoms. The van der Waals surface area contributed by atoms with Gasteiger partial charge in [0, 0.05) is 6.61 Å². The molecule has 0 aromatic heterocycles. The van der Waals surface area contributed by atoms with Crippen molar-refractivity contribution in [3.8, 4) is 0 Å². The number of quaternary nitrogens is 1. The van der Waals surface area contributed by atoms with Crippen LogP contribution in [-0.2, 0) is 4.74 Å². The molecule has 1 heterocycles. The second-order valence-electron chi connectivity index (χ2n) is 5.16. The summed E-state index contributed by atoms with van der Waals surface area (Å²) < 4.78 is 5.35. The van der Waals surface area contributed by atoms with Gasteiger partial charge in [-0.15, -0.1) is 0 Å². The van der Waals surface area contributed by atoms with E-state index in [1.165, 1.54) is 64.6 Å². The standard InChI is InChI=1S/C14H29NO2.BrH/c16-12-8-6-4-2-1-3-5-7-9-15-10-13-17-14-11-15;/h16H,1-14H2;1H. The number of rotatable bonds is 10. The Bertz CT molecular complexity index is 164. The lowest BCUT2D eigenvalue weighted by Crippen LogP contribution is -3.14. The molecule has 1 rings (SSSR count).